The van der Waals surface area contributed by atoms with E-state index in [1.807, 2.05) is 61.0 Å². The van der Waals surface area contributed by atoms with Gasteiger partial charge in [0, 0.05) is 17.8 Å². The molecule has 0 saturated heterocycles. The predicted molar refractivity (Wildman–Crippen MR) is 102 cm³/mol. The molecule has 3 rings (SSSR count). The Kier molecular flexibility index (Phi) is 5.66. The second-order valence-corrected chi connectivity index (χ2v) is 7.27. The van der Waals surface area contributed by atoms with Crippen LogP contribution in [0.2, 0.25) is 5.02 Å². The SMILES string of the molecule is Cc1ccc(OC(C)c2nnc(SCc3cccc(Cl)c3)n2C)cc1. The molecule has 0 saturated carbocycles. The summed E-state index contributed by atoms with van der Waals surface area (Å²) >= 11 is 7.66. The minimum Gasteiger partial charge on any atom is -0.483 e. The number of benzene rings is 2. The number of hydrogen-bond acceptors (Lipinski definition) is 4. The maximum atomic E-state index is 6.03. The molecule has 4 nitrogen and oxygen atoms in total. The van der Waals surface area contributed by atoms with Gasteiger partial charge in [-0.3, -0.25) is 0 Å². The van der Waals surface area contributed by atoms with Gasteiger partial charge in [0.2, 0.25) is 0 Å². The van der Waals surface area contributed by atoms with Crippen LogP contribution in [0, 0.1) is 6.92 Å². The van der Waals surface area contributed by atoms with Crippen LogP contribution >= 0.6 is 23.4 Å². The fraction of sp³-hybridized carbons (Fsp3) is 0.263. The van der Waals surface area contributed by atoms with Gasteiger partial charge in [-0.1, -0.05) is 53.2 Å². The van der Waals surface area contributed by atoms with E-state index in [0.717, 1.165) is 33.1 Å². The van der Waals surface area contributed by atoms with E-state index < -0.39 is 0 Å². The van der Waals surface area contributed by atoms with Crippen LogP contribution in [0.3, 0.4) is 0 Å². The highest BCUT2D eigenvalue weighted by Crippen LogP contribution is 2.26. The minimum atomic E-state index is -0.180. The number of ether oxygens (including phenoxy) is 1. The highest BCUT2D eigenvalue weighted by atomic mass is 35.5. The number of aryl methyl sites for hydroxylation is 1. The molecule has 130 valence electrons. The lowest BCUT2D eigenvalue weighted by atomic mass is 10.2. The Balaban J connectivity index is 1.66. The fourth-order valence-corrected chi connectivity index (χ4v) is 3.53. The van der Waals surface area contributed by atoms with Gasteiger partial charge in [0.15, 0.2) is 17.1 Å². The Morgan fingerprint density at radius 3 is 2.64 bits per heavy atom. The number of rotatable bonds is 6. The van der Waals surface area contributed by atoms with Gasteiger partial charge in [-0.15, -0.1) is 10.2 Å². The van der Waals surface area contributed by atoms with Crippen molar-refractivity contribution in [2.24, 2.45) is 7.05 Å². The van der Waals surface area contributed by atoms with Gasteiger partial charge in [0.1, 0.15) is 5.75 Å². The van der Waals surface area contributed by atoms with Crippen LogP contribution in [0.5, 0.6) is 5.75 Å². The third-order valence-corrected chi connectivity index (χ3v) is 5.15. The second kappa shape index (κ2) is 7.93. The number of halogens is 1. The Morgan fingerprint density at radius 1 is 1.16 bits per heavy atom. The fourth-order valence-electron chi connectivity index (χ4n) is 2.45. The van der Waals surface area contributed by atoms with Gasteiger partial charge >= 0.3 is 0 Å². The van der Waals surface area contributed by atoms with Crippen molar-refractivity contribution in [2.75, 3.05) is 0 Å². The van der Waals surface area contributed by atoms with Crippen LogP contribution < -0.4 is 4.74 Å². The molecule has 1 aromatic heterocycles. The smallest absolute Gasteiger partial charge is 0.191 e. The summed E-state index contributed by atoms with van der Waals surface area (Å²) in [6.45, 7) is 4.04. The summed E-state index contributed by atoms with van der Waals surface area (Å²) in [6.07, 6.45) is -0.180. The van der Waals surface area contributed by atoms with Gasteiger partial charge in [0.05, 0.1) is 0 Å². The summed E-state index contributed by atoms with van der Waals surface area (Å²) in [5.41, 5.74) is 2.37. The maximum absolute atomic E-state index is 6.03. The molecule has 6 heteroatoms. The van der Waals surface area contributed by atoms with Crippen molar-refractivity contribution in [1.82, 2.24) is 14.8 Å². The monoisotopic (exact) mass is 373 g/mol. The Morgan fingerprint density at radius 2 is 1.92 bits per heavy atom. The first-order valence-corrected chi connectivity index (χ1v) is 9.39. The van der Waals surface area contributed by atoms with Crippen molar-refractivity contribution in [3.05, 3.63) is 70.5 Å². The molecular formula is C19H20ClN3OS. The van der Waals surface area contributed by atoms with E-state index in [1.165, 1.54) is 5.56 Å². The molecule has 0 amide bonds. The number of hydrogen-bond donors (Lipinski definition) is 0. The molecule has 0 aliphatic heterocycles. The van der Waals surface area contributed by atoms with Crippen molar-refractivity contribution >= 4 is 23.4 Å². The Bertz CT molecular complexity index is 848. The molecule has 0 bridgehead atoms. The van der Waals surface area contributed by atoms with E-state index in [2.05, 4.69) is 23.2 Å². The van der Waals surface area contributed by atoms with E-state index in [-0.39, 0.29) is 6.10 Å². The zero-order valence-electron chi connectivity index (χ0n) is 14.4. The number of thioether (sulfide) groups is 1. The zero-order chi connectivity index (χ0) is 17.8. The lowest BCUT2D eigenvalue weighted by Crippen LogP contribution is -2.10. The zero-order valence-corrected chi connectivity index (χ0v) is 16.0. The quantitative estimate of drug-likeness (QED) is 0.556. The second-order valence-electron chi connectivity index (χ2n) is 5.89. The van der Waals surface area contributed by atoms with E-state index in [9.17, 15) is 0 Å². The normalized spacial score (nSPS) is 12.2. The first-order chi connectivity index (χ1) is 12.0. The topological polar surface area (TPSA) is 39.9 Å². The third kappa shape index (κ3) is 4.55. The van der Waals surface area contributed by atoms with Gasteiger partial charge < -0.3 is 9.30 Å². The molecule has 0 aliphatic rings. The average Bonchev–Trinajstić information content (AvgIpc) is 2.96. The summed E-state index contributed by atoms with van der Waals surface area (Å²) in [5, 5.41) is 10.2. The van der Waals surface area contributed by atoms with Crippen LogP contribution in [0.4, 0.5) is 0 Å². The minimum absolute atomic E-state index is 0.180. The van der Waals surface area contributed by atoms with E-state index >= 15 is 0 Å². The van der Waals surface area contributed by atoms with Gasteiger partial charge in [-0.05, 0) is 43.7 Å². The van der Waals surface area contributed by atoms with Crippen LogP contribution in [-0.4, -0.2) is 14.8 Å². The molecule has 2 aromatic carbocycles. The molecule has 25 heavy (non-hydrogen) atoms. The molecule has 0 N–H and O–H groups in total. The van der Waals surface area contributed by atoms with Crippen LogP contribution in [0.25, 0.3) is 0 Å². The van der Waals surface area contributed by atoms with Crippen LogP contribution in [0.15, 0.2) is 53.7 Å². The molecule has 1 atom stereocenters. The first kappa shape index (κ1) is 17.8. The van der Waals surface area contributed by atoms with Crippen molar-refractivity contribution in [3.63, 3.8) is 0 Å². The van der Waals surface area contributed by atoms with Crippen LogP contribution in [0.1, 0.15) is 30.0 Å². The maximum Gasteiger partial charge on any atom is 0.191 e. The summed E-state index contributed by atoms with van der Waals surface area (Å²) in [5.74, 6) is 2.42. The van der Waals surface area contributed by atoms with Crippen molar-refractivity contribution in [2.45, 2.75) is 30.9 Å². The lowest BCUT2D eigenvalue weighted by Gasteiger charge is -2.14. The molecular weight excluding hydrogens is 354 g/mol. The first-order valence-electron chi connectivity index (χ1n) is 8.03. The molecule has 0 fully saturated rings. The third-order valence-electron chi connectivity index (χ3n) is 3.82. The molecule has 3 aromatic rings. The van der Waals surface area contributed by atoms with Crippen molar-refractivity contribution in [3.8, 4) is 5.75 Å². The molecule has 1 heterocycles. The Hall–Kier alpha value is -1.98. The number of nitrogens with zero attached hydrogens (tertiary/aromatic N) is 3. The van der Waals surface area contributed by atoms with E-state index in [0.29, 0.717) is 0 Å². The van der Waals surface area contributed by atoms with Gasteiger partial charge in [-0.2, -0.15) is 0 Å². The summed E-state index contributed by atoms with van der Waals surface area (Å²) in [6, 6.07) is 15.9. The lowest BCUT2D eigenvalue weighted by molar-refractivity contribution is 0.211. The Labute approximate surface area is 157 Å². The van der Waals surface area contributed by atoms with Crippen molar-refractivity contribution < 1.29 is 4.74 Å². The summed E-state index contributed by atoms with van der Waals surface area (Å²) < 4.78 is 7.96. The molecule has 0 spiro atoms. The van der Waals surface area contributed by atoms with Gasteiger partial charge in [0.25, 0.3) is 0 Å². The number of aromatic nitrogens is 3. The van der Waals surface area contributed by atoms with E-state index in [4.69, 9.17) is 16.3 Å². The van der Waals surface area contributed by atoms with E-state index in [1.54, 1.807) is 11.8 Å². The standard InChI is InChI=1S/C19H20ClN3OS/c1-13-7-9-17(10-8-13)24-14(2)18-21-22-19(23(18)3)25-12-15-5-4-6-16(20)11-15/h4-11,14H,12H2,1-3H3. The molecule has 1 unspecified atom stereocenters. The largest absolute Gasteiger partial charge is 0.483 e. The molecule has 0 aliphatic carbocycles. The highest BCUT2D eigenvalue weighted by molar-refractivity contribution is 7.98. The predicted octanol–water partition coefficient (Wildman–Crippen LogP) is 5.21. The van der Waals surface area contributed by atoms with Gasteiger partial charge in [-0.25, -0.2) is 0 Å². The molecule has 0 radical (unpaired) electrons. The summed E-state index contributed by atoms with van der Waals surface area (Å²) in [7, 11) is 1.96. The highest BCUT2D eigenvalue weighted by Gasteiger charge is 2.17. The summed E-state index contributed by atoms with van der Waals surface area (Å²) in [4.78, 5) is 0. The average molecular weight is 374 g/mol. The van der Waals surface area contributed by atoms with Crippen molar-refractivity contribution in [1.29, 1.82) is 0 Å². The van der Waals surface area contributed by atoms with Crippen LogP contribution in [-0.2, 0) is 12.8 Å².